The van der Waals surface area contributed by atoms with E-state index < -0.39 is 0 Å². The van der Waals surface area contributed by atoms with Crippen molar-refractivity contribution in [1.82, 2.24) is 9.88 Å². The zero-order valence-electron chi connectivity index (χ0n) is 13.6. The Morgan fingerprint density at radius 3 is 3.09 bits per heavy atom. The van der Waals surface area contributed by atoms with Crippen LogP contribution in [0.15, 0.2) is 24.4 Å². The van der Waals surface area contributed by atoms with Gasteiger partial charge in [0, 0.05) is 35.6 Å². The number of hydrogen-bond donors (Lipinski definition) is 1. The molecule has 0 spiro atoms. The standard InChI is InChI=1S/C19H26N2S/c1-3-7-21-11-13(12-22-2)8-16-15-5-4-6-17-19(15)14(10-20-17)9-18(16)21/h4-6,10,13,16,18,20H,3,7-9,11-12H2,1-2H3/t13-,16-,18+/m1/s1. The van der Waals surface area contributed by atoms with Gasteiger partial charge >= 0.3 is 0 Å². The number of hydrogen-bond acceptors (Lipinski definition) is 2. The Morgan fingerprint density at radius 1 is 1.36 bits per heavy atom. The highest BCUT2D eigenvalue weighted by molar-refractivity contribution is 7.98. The maximum absolute atomic E-state index is 3.49. The van der Waals surface area contributed by atoms with E-state index in [-0.39, 0.29) is 0 Å². The van der Waals surface area contributed by atoms with Gasteiger partial charge < -0.3 is 4.98 Å². The van der Waals surface area contributed by atoms with Crippen LogP contribution < -0.4 is 0 Å². The average Bonchev–Trinajstić information content (AvgIpc) is 2.94. The van der Waals surface area contributed by atoms with E-state index in [2.05, 4.69) is 47.5 Å². The van der Waals surface area contributed by atoms with E-state index in [1.165, 1.54) is 54.6 Å². The molecular formula is C19H26N2S. The molecule has 3 atom stereocenters. The largest absolute Gasteiger partial charge is 0.361 e. The lowest BCUT2D eigenvalue weighted by molar-refractivity contribution is 0.0926. The van der Waals surface area contributed by atoms with Crippen molar-refractivity contribution in [1.29, 1.82) is 0 Å². The number of H-pyrrole nitrogens is 1. The second kappa shape index (κ2) is 5.93. The SMILES string of the molecule is CCCN1C[C@H](CSC)C[C@@H]2c3cccc4[nH]cc(c34)C[C@@H]21. The van der Waals surface area contributed by atoms with Crippen molar-refractivity contribution >= 4 is 22.7 Å². The van der Waals surface area contributed by atoms with E-state index in [1.807, 2.05) is 11.8 Å². The highest BCUT2D eigenvalue weighted by Gasteiger charge is 2.40. The minimum atomic E-state index is 0.715. The zero-order chi connectivity index (χ0) is 15.1. The summed E-state index contributed by atoms with van der Waals surface area (Å²) in [5.41, 5.74) is 4.48. The fourth-order valence-electron chi connectivity index (χ4n) is 4.80. The van der Waals surface area contributed by atoms with Crippen LogP contribution in [0.2, 0.25) is 0 Å². The number of nitrogens with one attached hydrogen (secondary N) is 1. The molecule has 1 aromatic heterocycles. The fraction of sp³-hybridized carbons (Fsp3) is 0.579. The first kappa shape index (κ1) is 14.6. The number of rotatable bonds is 4. The monoisotopic (exact) mass is 314 g/mol. The third kappa shape index (κ3) is 2.30. The molecule has 0 unspecified atom stereocenters. The van der Waals surface area contributed by atoms with Gasteiger partial charge in [-0.1, -0.05) is 19.1 Å². The van der Waals surface area contributed by atoms with Crippen LogP contribution in [0.3, 0.4) is 0 Å². The molecule has 1 aliphatic heterocycles. The Hall–Kier alpha value is -0.930. The van der Waals surface area contributed by atoms with E-state index in [1.54, 1.807) is 5.56 Å². The molecule has 2 aromatic rings. The number of likely N-dealkylation sites (tertiary alicyclic amines) is 1. The van der Waals surface area contributed by atoms with Crippen LogP contribution in [0, 0.1) is 5.92 Å². The van der Waals surface area contributed by atoms with Crippen molar-refractivity contribution in [3.05, 3.63) is 35.5 Å². The molecule has 1 saturated heterocycles. The van der Waals surface area contributed by atoms with Crippen LogP contribution in [0.1, 0.15) is 36.8 Å². The molecule has 1 aromatic carbocycles. The summed E-state index contributed by atoms with van der Waals surface area (Å²) >= 11 is 2.01. The molecule has 1 aliphatic carbocycles. The summed E-state index contributed by atoms with van der Waals surface area (Å²) in [4.78, 5) is 6.29. The van der Waals surface area contributed by atoms with Crippen LogP contribution in [-0.2, 0) is 6.42 Å². The molecule has 0 saturated carbocycles. The zero-order valence-corrected chi connectivity index (χ0v) is 14.5. The van der Waals surface area contributed by atoms with Gasteiger partial charge in [0.15, 0.2) is 0 Å². The molecule has 4 rings (SSSR count). The minimum Gasteiger partial charge on any atom is -0.361 e. The van der Waals surface area contributed by atoms with Crippen molar-refractivity contribution in [3.63, 3.8) is 0 Å². The van der Waals surface area contributed by atoms with Gasteiger partial charge in [-0.15, -0.1) is 0 Å². The van der Waals surface area contributed by atoms with Gasteiger partial charge in [-0.2, -0.15) is 11.8 Å². The maximum Gasteiger partial charge on any atom is 0.0459 e. The van der Waals surface area contributed by atoms with E-state index in [4.69, 9.17) is 0 Å². The highest BCUT2D eigenvalue weighted by Crippen LogP contribution is 2.45. The Labute approximate surface area is 137 Å². The summed E-state index contributed by atoms with van der Waals surface area (Å²) in [7, 11) is 0. The van der Waals surface area contributed by atoms with Crippen LogP contribution >= 0.6 is 11.8 Å². The second-order valence-corrected chi connectivity index (χ2v) is 7.92. The number of piperidine rings is 1. The Balaban J connectivity index is 1.75. The van der Waals surface area contributed by atoms with Crippen molar-refractivity contribution in [2.24, 2.45) is 5.92 Å². The van der Waals surface area contributed by atoms with E-state index in [0.717, 1.165) is 11.8 Å². The number of thioether (sulfide) groups is 1. The molecule has 1 fully saturated rings. The quantitative estimate of drug-likeness (QED) is 0.909. The van der Waals surface area contributed by atoms with Gasteiger partial charge in [0.2, 0.25) is 0 Å². The van der Waals surface area contributed by atoms with Gasteiger partial charge in [0.25, 0.3) is 0 Å². The molecular weight excluding hydrogens is 288 g/mol. The van der Waals surface area contributed by atoms with Crippen molar-refractivity contribution < 1.29 is 0 Å². The topological polar surface area (TPSA) is 19.0 Å². The van der Waals surface area contributed by atoms with E-state index >= 15 is 0 Å². The normalized spacial score (nSPS) is 28.0. The van der Waals surface area contributed by atoms with Gasteiger partial charge in [0.05, 0.1) is 0 Å². The predicted molar refractivity (Wildman–Crippen MR) is 96.9 cm³/mol. The van der Waals surface area contributed by atoms with Crippen LogP contribution in [0.25, 0.3) is 10.9 Å². The maximum atomic E-state index is 3.49. The summed E-state index contributed by atoms with van der Waals surface area (Å²) < 4.78 is 0. The van der Waals surface area contributed by atoms with Gasteiger partial charge in [-0.05, 0) is 60.9 Å². The van der Waals surface area contributed by atoms with Gasteiger partial charge in [-0.3, -0.25) is 4.90 Å². The van der Waals surface area contributed by atoms with E-state index in [9.17, 15) is 0 Å². The van der Waals surface area contributed by atoms with Gasteiger partial charge in [-0.25, -0.2) is 0 Å². The molecule has 0 radical (unpaired) electrons. The highest BCUT2D eigenvalue weighted by atomic mass is 32.2. The number of aromatic amines is 1. The molecule has 1 N–H and O–H groups in total. The van der Waals surface area contributed by atoms with Gasteiger partial charge in [0.1, 0.15) is 0 Å². The number of fused-ring (bicyclic) bond motifs is 2. The number of benzene rings is 1. The molecule has 118 valence electrons. The lowest BCUT2D eigenvalue weighted by Gasteiger charge is -2.47. The predicted octanol–water partition coefficient (Wildman–Crippen LogP) is 4.27. The molecule has 0 amide bonds. The molecule has 0 bridgehead atoms. The van der Waals surface area contributed by atoms with Crippen molar-refractivity contribution in [2.75, 3.05) is 25.1 Å². The first-order valence-electron chi connectivity index (χ1n) is 8.63. The molecule has 2 heterocycles. The third-order valence-electron chi connectivity index (χ3n) is 5.57. The third-order valence-corrected chi connectivity index (χ3v) is 6.38. The average molecular weight is 314 g/mol. The Morgan fingerprint density at radius 2 is 2.27 bits per heavy atom. The summed E-state index contributed by atoms with van der Waals surface area (Å²) in [5.74, 6) is 2.88. The smallest absolute Gasteiger partial charge is 0.0459 e. The second-order valence-electron chi connectivity index (χ2n) is 7.01. The summed E-state index contributed by atoms with van der Waals surface area (Å²) in [6, 6.07) is 7.58. The molecule has 2 aliphatic rings. The first-order valence-corrected chi connectivity index (χ1v) is 10.0. The van der Waals surface area contributed by atoms with Crippen molar-refractivity contribution in [3.8, 4) is 0 Å². The Kier molecular flexibility index (Phi) is 3.95. The number of nitrogens with zero attached hydrogens (tertiary/aromatic N) is 1. The minimum absolute atomic E-state index is 0.715. The fourth-order valence-corrected chi connectivity index (χ4v) is 5.51. The van der Waals surface area contributed by atoms with Crippen LogP contribution in [-0.4, -0.2) is 41.0 Å². The lowest BCUT2D eigenvalue weighted by atomic mass is 9.72. The molecule has 2 nitrogen and oxygen atoms in total. The van der Waals surface area contributed by atoms with Crippen LogP contribution in [0.5, 0.6) is 0 Å². The molecule has 22 heavy (non-hydrogen) atoms. The number of aromatic nitrogens is 1. The van der Waals surface area contributed by atoms with Crippen molar-refractivity contribution in [2.45, 2.75) is 38.1 Å². The lowest BCUT2D eigenvalue weighted by Crippen LogP contribution is -2.50. The summed E-state index contributed by atoms with van der Waals surface area (Å²) in [6.07, 6.45) is 8.37. The Bertz CT molecular complexity index is 662. The van der Waals surface area contributed by atoms with Crippen LogP contribution in [0.4, 0.5) is 0 Å². The summed E-state index contributed by atoms with van der Waals surface area (Å²) in [5, 5.41) is 1.53. The first-order chi connectivity index (χ1) is 10.8. The summed E-state index contributed by atoms with van der Waals surface area (Å²) in [6.45, 7) is 4.87. The van der Waals surface area contributed by atoms with E-state index in [0.29, 0.717) is 6.04 Å². The molecule has 3 heteroatoms.